The van der Waals surface area contributed by atoms with Crippen LogP contribution in [0.25, 0.3) is 17.0 Å². The van der Waals surface area contributed by atoms with Crippen LogP contribution in [0.2, 0.25) is 0 Å². The zero-order chi connectivity index (χ0) is 16.5. The van der Waals surface area contributed by atoms with Gasteiger partial charge < -0.3 is 15.5 Å². The smallest absolute Gasteiger partial charge is 0.154 e. The maximum atomic E-state index is 4.75. The highest BCUT2D eigenvalue weighted by molar-refractivity contribution is 5.62. The van der Waals surface area contributed by atoms with Crippen LogP contribution < -0.4 is 15.5 Å². The molecule has 3 aromatic rings. The first-order valence-electron chi connectivity index (χ1n) is 8.17. The molecule has 0 aromatic carbocycles. The molecule has 4 rings (SSSR count). The Balaban J connectivity index is 1.70. The van der Waals surface area contributed by atoms with Gasteiger partial charge >= 0.3 is 0 Å². The lowest BCUT2D eigenvalue weighted by Gasteiger charge is -2.13. The van der Waals surface area contributed by atoms with E-state index in [-0.39, 0.29) is 0 Å². The maximum absolute atomic E-state index is 4.75. The standard InChI is InChI=1S/C17H21N7/c1-23(2)17-7-6-16-19-11-14(24(16)22-17)13-4-3-5-15(21-13)20-12-8-9-18-10-12/h3-7,11-12,18H,8-10H2,1-2H3,(H,20,21). The summed E-state index contributed by atoms with van der Waals surface area (Å²) in [6.07, 6.45) is 2.94. The lowest BCUT2D eigenvalue weighted by atomic mass is 10.2. The molecule has 4 heterocycles. The van der Waals surface area contributed by atoms with Crippen LogP contribution in [0.3, 0.4) is 0 Å². The van der Waals surface area contributed by atoms with Crippen molar-refractivity contribution in [2.24, 2.45) is 0 Å². The summed E-state index contributed by atoms with van der Waals surface area (Å²) in [4.78, 5) is 11.2. The summed E-state index contributed by atoms with van der Waals surface area (Å²) in [7, 11) is 3.95. The molecule has 1 aliphatic rings. The van der Waals surface area contributed by atoms with Gasteiger partial charge in [-0.05, 0) is 37.2 Å². The first kappa shape index (κ1) is 14.9. The van der Waals surface area contributed by atoms with E-state index in [0.29, 0.717) is 6.04 Å². The first-order valence-corrected chi connectivity index (χ1v) is 8.17. The van der Waals surface area contributed by atoms with Crippen molar-refractivity contribution in [2.75, 3.05) is 37.4 Å². The molecule has 2 N–H and O–H groups in total. The summed E-state index contributed by atoms with van der Waals surface area (Å²) < 4.78 is 1.85. The van der Waals surface area contributed by atoms with E-state index >= 15 is 0 Å². The molecule has 24 heavy (non-hydrogen) atoms. The zero-order valence-corrected chi connectivity index (χ0v) is 13.9. The van der Waals surface area contributed by atoms with E-state index in [4.69, 9.17) is 4.98 Å². The first-order chi connectivity index (χ1) is 11.7. The molecule has 0 radical (unpaired) electrons. The minimum absolute atomic E-state index is 0.438. The fourth-order valence-electron chi connectivity index (χ4n) is 2.92. The van der Waals surface area contributed by atoms with Gasteiger partial charge in [-0.1, -0.05) is 6.07 Å². The third-order valence-corrected chi connectivity index (χ3v) is 4.23. The quantitative estimate of drug-likeness (QED) is 0.760. The molecule has 0 bridgehead atoms. The van der Waals surface area contributed by atoms with Gasteiger partial charge in [0, 0.05) is 26.7 Å². The molecule has 1 saturated heterocycles. The molecule has 1 aliphatic heterocycles. The van der Waals surface area contributed by atoms with Crippen LogP contribution in [0.4, 0.5) is 11.6 Å². The van der Waals surface area contributed by atoms with Gasteiger partial charge in [0.15, 0.2) is 5.65 Å². The Hall–Kier alpha value is -2.67. The van der Waals surface area contributed by atoms with Crippen molar-refractivity contribution in [1.29, 1.82) is 0 Å². The van der Waals surface area contributed by atoms with Gasteiger partial charge in [-0.3, -0.25) is 0 Å². The van der Waals surface area contributed by atoms with Crippen molar-refractivity contribution in [3.8, 4) is 11.4 Å². The number of pyridine rings is 1. The van der Waals surface area contributed by atoms with Gasteiger partial charge in [-0.2, -0.15) is 0 Å². The molecule has 124 valence electrons. The topological polar surface area (TPSA) is 70.4 Å². The molecular weight excluding hydrogens is 302 g/mol. The predicted octanol–water partition coefficient (Wildman–Crippen LogP) is 1.63. The molecule has 0 amide bonds. The molecule has 1 fully saturated rings. The lowest BCUT2D eigenvalue weighted by Crippen LogP contribution is -2.22. The maximum Gasteiger partial charge on any atom is 0.154 e. The summed E-state index contributed by atoms with van der Waals surface area (Å²) in [5.74, 6) is 1.77. The zero-order valence-electron chi connectivity index (χ0n) is 13.9. The molecule has 3 aromatic heterocycles. The fraction of sp³-hybridized carbons (Fsp3) is 0.353. The van der Waals surface area contributed by atoms with E-state index in [0.717, 1.165) is 48.2 Å². The Bertz CT molecular complexity index is 849. The highest BCUT2D eigenvalue weighted by Crippen LogP contribution is 2.21. The average molecular weight is 323 g/mol. The molecule has 1 atom stereocenters. The van der Waals surface area contributed by atoms with Crippen LogP contribution in [0, 0.1) is 0 Å². The Morgan fingerprint density at radius 1 is 1.25 bits per heavy atom. The number of hydrogen-bond donors (Lipinski definition) is 2. The van der Waals surface area contributed by atoms with Gasteiger partial charge in [-0.25, -0.2) is 14.5 Å². The predicted molar refractivity (Wildman–Crippen MR) is 95.4 cm³/mol. The van der Waals surface area contributed by atoms with Crippen molar-refractivity contribution < 1.29 is 0 Å². The lowest BCUT2D eigenvalue weighted by molar-refractivity contribution is 0.788. The van der Waals surface area contributed by atoms with E-state index in [1.54, 1.807) is 0 Å². The minimum atomic E-state index is 0.438. The van der Waals surface area contributed by atoms with E-state index in [1.807, 2.05) is 60.0 Å². The summed E-state index contributed by atoms with van der Waals surface area (Å²) in [6.45, 7) is 2.04. The van der Waals surface area contributed by atoms with E-state index < -0.39 is 0 Å². The van der Waals surface area contributed by atoms with E-state index in [1.165, 1.54) is 0 Å². The number of anilines is 2. The highest BCUT2D eigenvalue weighted by atomic mass is 15.3. The van der Waals surface area contributed by atoms with E-state index in [9.17, 15) is 0 Å². The van der Waals surface area contributed by atoms with Crippen molar-refractivity contribution >= 4 is 17.3 Å². The van der Waals surface area contributed by atoms with Gasteiger partial charge in [0.2, 0.25) is 0 Å². The number of aromatic nitrogens is 4. The Morgan fingerprint density at radius 3 is 2.96 bits per heavy atom. The average Bonchev–Trinajstić information content (AvgIpc) is 3.23. The molecule has 0 aliphatic carbocycles. The second kappa shape index (κ2) is 6.09. The van der Waals surface area contributed by atoms with Crippen molar-refractivity contribution in [3.05, 3.63) is 36.5 Å². The van der Waals surface area contributed by atoms with Crippen LogP contribution in [-0.2, 0) is 0 Å². The third-order valence-electron chi connectivity index (χ3n) is 4.23. The van der Waals surface area contributed by atoms with Crippen LogP contribution in [0.5, 0.6) is 0 Å². The van der Waals surface area contributed by atoms with Crippen molar-refractivity contribution in [3.63, 3.8) is 0 Å². The molecular formula is C17H21N7. The Labute approximate surface area is 140 Å². The second-order valence-electron chi connectivity index (χ2n) is 6.24. The summed E-state index contributed by atoms with van der Waals surface area (Å²) in [6, 6.07) is 10.4. The summed E-state index contributed by atoms with van der Waals surface area (Å²) in [5, 5.41) is 11.5. The van der Waals surface area contributed by atoms with E-state index in [2.05, 4.69) is 20.7 Å². The number of hydrogen-bond acceptors (Lipinski definition) is 6. The Morgan fingerprint density at radius 2 is 2.17 bits per heavy atom. The number of nitrogens with one attached hydrogen (secondary N) is 2. The molecule has 7 nitrogen and oxygen atoms in total. The highest BCUT2D eigenvalue weighted by Gasteiger charge is 2.15. The number of fused-ring (bicyclic) bond motifs is 1. The van der Waals surface area contributed by atoms with Gasteiger partial charge in [0.1, 0.15) is 17.3 Å². The van der Waals surface area contributed by atoms with Crippen LogP contribution in [-0.4, -0.2) is 52.8 Å². The van der Waals surface area contributed by atoms with Gasteiger partial charge in [-0.15, -0.1) is 5.10 Å². The monoisotopic (exact) mass is 323 g/mol. The molecule has 0 saturated carbocycles. The van der Waals surface area contributed by atoms with Crippen LogP contribution >= 0.6 is 0 Å². The largest absolute Gasteiger partial charge is 0.366 e. The second-order valence-corrected chi connectivity index (χ2v) is 6.24. The summed E-state index contributed by atoms with van der Waals surface area (Å²) >= 11 is 0. The Kier molecular flexibility index (Phi) is 3.78. The van der Waals surface area contributed by atoms with Crippen molar-refractivity contribution in [1.82, 2.24) is 24.9 Å². The molecule has 1 unspecified atom stereocenters. The third kappa shape index (κ3) is 2.78. The van der Waals surface area contributed by atoms with Gasteiger partial charge in [0.25, 0.3) is 0 Å². The van der Waals surface area contributed by atoms with Crippen molar-refractivity contribution in [2.45, 2.75) is 12.5 Å². The SMILES string of the molecule is CN(C)c1ccc2ncc(-c3cccc(NC4CCNC4)n3)n2n1. The normalized spacial score (nSPS) is 17.3. The molecule has 7 heteroatoms. The van der Waals surface area contributed by atoms with Gasteiger partial charge in [0.05, 0.1) is 11.9 Å². The summed E-state index contributed by atoms with van der Waals surface area (Å²) in [5.41, 5.74) is 2.57. The fourth-order valence-corrected chi connectivity index (χ4v) is 2.92. The number of rotatable bonds is 4. The van der Waals surface area contributed by atoms with Crippen LogP contribution in [0.1, 0.15) is 6.42 Å². The van der Waals surface area contributed by atoms with Crippen LogP contribution in [0.15, 0.2) is 36.5 Å². The minimum Gasteiger partial charge on any atom is -0.366 e. The number of imidazole rings is 1. The molecule has 0 spiro atoms. The number of nitrogens with zero attached hydrogens (tertiary/aromatic N) is 5.